The van der Waals surface area contributed by atoms with E-state index in [-0.39, 0.29) is 17.2 Å². The van der Waals surface area contributed by atoms with Crippen LogP contribution in [-0.2, 0) is 4.74 Å². The zero-order chi connectivity index (χ0) is 10.4. The fraction of sp³-hybridized carbons (Fsp3) is 0.909. The monoisotopic (exact) mass is 197 g/mol. The third-order valence-electron chi connectivity index (χ3n) is 3.04. The van der Waals surface area contributed by atoms with Gasteiger partial charge in [-0.15, -0.1) is 0 Å². The Morgan fingerprint density at radius 2 is 1.93 bits per heavy atom. The molecule has 0 aromatic carbocycles. The summed E-state index contributed by atoms with van der Waals surface area (Å²) in [7, 11) is 0. The number of hydrogen-bond donors (Lipinski definition) is 0. The normalized spacial score (nSPS) is 24.1. The maximum Gasteiger partial charge on any atom is 0.410 e. The van der Waals surface area contributed by atoms with Gasteiger partial charge in [0.15, 0.2) is 0 Å². The second-order valence-electron chi connectivity index (χ2n) is 5.46. The Bertz CT molecular complexity index is 251. The molecule has 1 aliphatic carbocycles. The summed E-state index contributed by atoms with van der Waals surface area (Å²) in [6.07, 6.45) is 4.54. The molecule has 2 rings (SSSR count). The molecule has 80 valence electrons. The van der Waals surface area contributed by atoms with Crippen LogP contribution in [-0.4, -0.2) is 28.7 Å². The number of carbonyl (C=O) groups is 1. The highest BCUT2D eigenvalue weighted by Gasteiger charge is 2.53. The molecule has 1 saturated carbocycles. The predicted molar refractivity (Wildman–Crippen MR) is 54.1 cm³/mol. The molecule has 0 aromatic heterocycles. The van der Waals surface area contributed by atoms with Gasteiger partial charge in [0.25, 0.3) is 0 Å². The van der Waals surface area contributed by atoms with E-state index in [1.807, 2.05) is 25.7 Å². The summed E-state index contributed by atoms with van der Waals surface area (Å²) in [5.41, 5.74) is -0.155. The average molecular weight is 197 g/mol. The number of amides is 1. The van der Waals surface area contributed by atoms with E-state index in [1.54, 1.807) is 0 Å². The quantitative estimate of drug-likeness (QED) is 0.597. The van der Waals surface area contributed by atoms with Gasteiger partial charge in [0, 0.05) is 12.1 Å². The SMILES string of the molecule is CC(C)(C)OC(=O)N1CCCC12CC2. The van der Waals surface area contributed by atoms with Crippen LogP contribution >= 0.6 is 0 Å². The number of hydrogen-bond acceptors (Lipinski definition) is 2. The Morgan fingerprint density at radius 3 is 2.43 bits per heavy atom. The summed E-state index contributed by atoms with van der Waals surface area (Å²) >= 11 is 0. The molecule has 0 N–H and O–H groups in total. The third kappa shape index (κ3) is 1.72. The number of likely N-dealkylation sites (tertiary alicyclic amines) is 1. The van der Waals surface area contributed by atoms with Crippen LogP contribution in [0.25, 0.3) is 0 Å². The lowest BCUT2D eigenvalue weighted by Gasteiger charge is -2.28. The topological polar surface area (TPSA) is 29.5 Å². The summed E-state index contributed by atoms with van der Waals surface area (Å²) in [5.74, 6) is 0. The van der Waals surface area contributed by atoms with Crippen LogP contribution in [0.15, 0.2) is 0 Å². The van der Waals surface area contributed by atoms with Crippen molar-refractivity contribution in [1.82, 2.24) is 4.90 Å². The molecule has 3 nitrogen and oxygen atoms in total. The minimum absolute atomic E-state index is 0.118. The molecule has 14 heavy (non-hydrogen) atoms. The van der Waals surface area contributed by atoms with Crippen molar-refractivity contribution < 1.29 is 9.53 Å². The highest BCUT2D eigenvalue weighted by Crippen LogP contribution is 2.49. The molecule has 2 aliphatic rings. The lowest BCUT2D eigenvalue weighted by atomic mass is 10.2. The molecule has 1 amide bonds. The van der Waals surface area contributed by atoms with Crippen molar-refractivity contribution in [3.63, 3.8) is 0 Å². The van der Waals surface area contributed by atoms with Gasteiger partial charge < -0.3 is 9.64 Å². The summed E-state index contributed by atoms with van der Waals surface area (Å²) < 4.78 is 5.38. The zero-order valence-corrected chi connectivity index (χ0v) is 9.30. The summed E-state index contributed by atoms with van der Waals surface area (Å²) in [4.78, 5) is 13.8. The van der Waals surface area contributed by atoms with Crippen LogP contribution in [0.1, 0.15) is 46.5 Å². The maximum atomic E-state index is 11.8. The highest BCUT2D eigenvalue weighted by atomic mass is 16.6. The van der Waals surface area contributed by atoms with Crippen molar-refractivity contribution >= 4 is 6.09 Å². The standard InChI is InChI=1S/C11H19NO2/c1-10(2,3)14-9(13)12-8-4-5-11(12)6-7-11/h4-8H2,1-3H3. The zero-order valence-electron chi connectivity index (χ0n) is 9.30. The van der Waals surface area contributed by atoms with Gasteiger partial charge in [0.05, 0.1) is 0 Å². The first-order valence-corrected chi connectivity index (χ1v) is 5.44. The first-order valence-electron chi connectivity index (χ1n) is 5.44. The molecule has 1 aliphatic heterocycles. The Labute approximate surface area is 85.4 Å². The van der Waals surface area contributed by atoms with Crippen LogP contribution in [0.5, 0.6) is 0 Å². The molecular formula is C11H19NO2. The van der Waals surface area contributed by atoms with Gasteiger partial charge in [-0.05, 0) is 46.5 Å². The lowest BCUT2D eigenvalue weighted by Crippen LogP contribution is -2.41. The average Bonchev–Trinajstić information content (AvgIpc) is 2.58. The summed E-state index contributed by atoms with van der Waals surface area (Å²) in [6, 6.07) is 0. The fourth-order valence-corrected chi connectivity index (χ4v) is 2.20. The Morgan fingerprint density at radius 1 is 1.29 bits per heavy atom. The number of carbonyl (C=O) groups excluding carboxylic acids is 1. The van der Waals surface area contributed by atoms with Gasteiger partial charge in [-0.3, -0.25) is 0 Å². The first kappa shape index (κ1) is 9.81. The van der Waals surface area contributed by atoms with Gasteiger partial charge in [0.2, 0.25) is 0 Å². The minimum Gasteiger partial charge on any atom is -0.444 e. The van der Waals surface area contributed by atoms with E-state index in [0.29, 0.717) is 0 Å². The maximum absolute atomic E-state index is 11.8. The van der Waals surface area contributed by atoms with E-state index in [0.717, 1.165) is 13.0 Å². The van der Waals surface area contributed by atoms with Crippen molar-refractivity contribution in [3.05, 3.63) is 0 Å². The van der Waals surface area contributed by atoms with E-state index < -0.39 is 0 Å². The van der Waals surface area contributed by atoms with Gasteiger partial charge >= 0.3 is 6.09 Å². The number of rotatable bonds is 0. The molecular weight excluding hydrogens is 178 g/mol. The molecule has 0 aromatic rings. The summed E-state index contributed by atoms with van der Waals surface area (Å²) in [5, 5.41) is 0. The van der Waals surface area contributed by atoms with Crippen LogP contribution in [0, 0.1) is 0 Å². The van der Waals surface area contributed by atoms with E-state index in [9.17, 15) is 4.79 Å². The number of nitrogens with zero attached hydrogens (tertiary/aromatic N) is 1. The Kier molecular flexibility index (Phi) is 2.02. The van der Waals surface area contributed by atoms with E-state index >= 15 is 0 Å². The molecule has 2 fully saturated rings. The van der Waals surface area contributed by atoms with Gasteiger partial charge in [-0.2, -0.15) is 0 Å². The number of ether oxygens (including phenoxy) is 1. The van der Waals surface area contributed by atoms with Crippen LogP contribution < -0.4 is 0 Å². The molecule has 0 bridgehead atoms. The van der Waals surface area contributed by atoms with E-state index in [1.165, 1.54) is 19.3 Å². The van der Waals surface area contributed by atoms with Crippen LogP contribution in [0.3, 0.4) is 0 Å². The lowest BCUT2D eigenvalue weighted by molar-refractivity contribution is 0.0204. The van der Waals surface area contributed by atoms with Crippen molar-refractivity contribution in [2.45, 2.75) is 57.6 Å². The molecule has 1 spiro atoms. The minimum atomic E-state index is -0.365. The smallest absolute Gasteiger partial charge is 0.410 e. The largest absolute Gasteiger partial charge is 0.444 e. The van der Waals surface area contributed by atoms with E-state index in [2.05, 4.69) is 0 Å². The highest BCUT2D eigenvalue weighted by molar-refractivity contribution is 5.70. The fourth-order valence-electron chi connectivity index (χ4n) is 2.20. The predicted octanol–water partition coefficient (Wildman–Crippen LogP) is 2.55. The van der Waals surface area contributed by atoms with Crippen LogP contribution in [0.4, 0.5) is 4.79 Å². The second-order valence-corrected chi connectivity index (χ2v) is 5.46. The molecule has 0 atom stereocenters. The van der Waals surface area contributed by atoms with Crippen molar-refractivity contribution in [2.75, 3.05) is 6.54 Å². The second kappa shape index (κ2) is 2.88. The van der Waals surface area contributed by atoms with Gasteiger partial charge in [-0.1, -0.05) is 0 Å². The van der Waals surface area contributed by atoms with Crippen molar-refractivity contribution in [2.24, 2.45) is 0 Å². The van der Waals surface area contributed by atoms with Gasteiger partial charge in [0.1, 0.15) is 5.60 Å². The third-order valence-corrected chi connectivity index (χ3v) is 3.04. The molecule has 1 heterocycles. The molecule has 0 radical (unpaired) electrons. The summed E-state index contributed by atoms with van der Waals surface area (Å²) in [6.45, 7) is 6.64. The van der Waals surface area contributed by atoms with E-state index in [4.69, 9.17) is 4.74 Å². The molecule has 3 heteroatoms. The first-order chi connectivity index (χ1) is 6.43. The van der Waals surface area contributed by atoms with Gasteiger partial charge in [-0.25, -0.2) is 4.79 Å². The Hall–Kier alpha value is -0.730. The Balaban J connectivity index is 1.98. The van der Waals surface area contributed by atoms with Crippen LogP contribution in [0.2, 0.25) is 0 Å². The van der Waals surface area contributed by atoms with Crippen molar-refractivity contribution in [3.8, 4) is 0 Å². The molecule has 0 unspecified atom stereocenters. The van der Waals surface area contributed by atoms with Crippen molar-refractivity contribution in [1.29, 1.82) is 0 Å². The molecule has 1 saturated heterocycles.